The maximum atomic E-state index is 14.1. The van der Waals surface area contributed by atoms with Gasteiger partial charge in [-0.05, 0) is 137 Å². The van der Waals surface area contributed by atoms with Crippen molar-refractivity contribution in [3.63, 3.8) is 0 Å². The van der Waals surface area contributed by atoms with Gasteiger partial charge in [0, 0.05) is 44.1 Å². The Hall–Kier alpha value is -3.59. The van der Waals surface area contributed by atoms with E-state index in [1.165, 1.54) is 54.6 Å². The highest BCUT2D eigenvalue weighted by atomic mass is 16.2. The molecule has 0 aromatic heterocycles. The van der Waals surface area contributed by atoms with E-state index in [4.69, 9.17) is 0 Å². The van der Waals surface area contributed by atoms with Gasteiger partial charge in [0.1, 0.15) is 12.1 Å². The van der Waals surface area contributed by atoms with Crippen LogP contribution in [-0.4, -0.2) is 80.5 Å². The molecule has 2 saturated heterocycles. The Kier molecular flexibility index (Phi) is 11.0. The van der Waals surface area contributed by atoms with Crippen molar-refractivity contribution in [2.45, 2.75) is 121 Å². The molecule has 2 heterocycles. The third-order valence-corrected chi connectivity index (χ3v) is 12.4. The minimum atomic E-state index is -0.583. The molecule has 9 heteroatoms. The number of carbonyl (C=O) groups is 3. The van der Waals surface area contributed by atoms with Crippen molar-refractivity contribution in [2.24, 2.45) is 5.92 Å². The Morgan fingerprint density at radius 3 is 2.08 bits per heavy atom. The molecular weight excluding hydrogens is 624 g/mol. The number of aryl methyl sites for hydroxylation is 3. The predicted molar refractivity (Wildman–Crippen MR) is 200 cm³/mol. The van der Waals surface area contributed by atoms with Crippen LogP contribution < -0.4 is 25.8 Å². The zero-order chi connectivity index (χ0) is 34.6. The van der Waals surface area contributed by atoms with Gasteiger partial charge in [-0.1, -0.05) is 31.4 Å². The number of fused-ring (bicyclic) bond motifs is 2. The average molecular weight is 683 g/mol. The first kappa shape index (κ1) is 34.8. The van der Waals surface area contributed by atoms with Crippen LogP contribution in [0.15, 0.2) is 36.4 Å². The molecule has 3 fully saturated rings. The Balaban J connectivity index is 0.985. The first-order chi connectivity index (χ1) is 24.4. The number of benzene rings is 2. The number of likely N-dealkylation sites (tertiary alicyclic amines) is 1. The monoisotopic (exact) mass is 682 g/mol. The molecule has 5 aliphatic rings. The van der Waals surface area contributed by atoms with E-state index in [2.05, 4.69) is 62.1 Å². The van der Waals surface area contributed by atoms with Crippen LogP contribution in [-0.2, 0) is 33.6 Å². The van der Waals surface area contributed by atoms with Crippen LogP contribution in [0, 0.1) is 5.92 Å². The normalized spacial score (nSPS) is 23.8. The van der Waals surface area contributed by atoms with E-state index in [-0.39, 0.29) is 35.7 Å². The van der Waals surface area contributed by atoms with Crippen LogP contribution in [0.5, 0.6) is 0 Å². The number of anilines is 2. The summed E-state index contributed by atoms with van der Waals surface area (Å²) in [6.07, 6.45) is 14.7. The van der Waals surface area contributed by atoms with Crippen LogP contribution in [0.3, 0.4) is 0 Å². The highest BCUT2D eigenvalue weighted by Gasteiger charge is 2.41. The molecule has 0 radical (unpaired) electrons. The molecule has 7 rings (SSSR count). The van der Waals surface area contributed by atoms with E-state index in [0.29, 0.717) is 13.0 Å². The number of likely N-dealkylation sites (N-methyl/N-ethyl adjacent to an activating group) is 1. The maximum Gasteiger partial charge on any atom is 0.246 e. The summed E-state index contributed by atoms with van der Waals surface area (Å²) in [6.45, 7) is 6.40. The number of carbonyl (C=O) groups excluding carboxylic acids is 3. The van der Waals surface area contributed by atoms with Crippen LogP contribution >= 0.6 is 0 Å². The lowest BCUT2D eigenvalue weighted by Crippen LogP contribution is -2.58. The molecule has 9 nitrogen and oxygen atoms in total. The zero-order valence-electron chi connectivity index (χ0n) is 30.4. The maximum absolute atomic E-state index is 14.1. The molecule has 50 heavy (non-hydrogen) atoms. The van der Waals surface area contributed by atoms with E-state index < -0.39 is 12.1 Å². The Labute approximate surface area is 298 Å². The van der Waals surface area contributed by atoms with Crippen molar-refractivity contribution in [2.75, 3.05) is 49.6 Å². The molecular formula is C41H58N6O3. The van der Waals surface area contributed by atoms with Crippen LogP contribution in [0.25, 0.3) is 0 Å². The lowest BCUT2D eigenvalue weighted by atomic mass is 9.83. The van der Waals surface area contributed by atoms with Crippen molar-refractivity contribution in [3.05, 3.63) is 58.7 Å². The second kappa shape index (κ2) is 15.7. The van der Waals surface area contributed by atoms with E-state index in [1.54, 1.807) is 23.1 Å². The summed E-state index contributed by atoms with van der Waals surface area (Å²) in [5.41, 5.74) is 8.28. The summed E-state index contributed by atoms with van der Waals surface area (Å²) in [4.78, 5) is 47.9. The standard InChI is InChI=1S/C41H58N6O3/c1-28(42-2)39(48)44-38(30-11-4-3-5-12-30)41(50)47-21-9-16-37(47)40(49)43-36-15-8-14-32-27-34(19-20-35(32)36)46-24-22-45(23-25-46)33-18-17-29-10-6-7-13-31(29)26-33/h17-20,26-28,30,36-38,42H,3-16,21-25H2,1-2H3,(H,43,49)(H,44,48)/t28-,36+,37-,38?/m0/s1. The zero-order valence-corrected chi connectivity index (χ0v) is 30.4. The van der Waals surface area contributed by atoms with Gasteiger partial charge in [-0.25, -0.2) is 0 Å². The number of amides is 3. The molecule has 270 valence electrons. The molecule has 2 aliphatic heterocycles. The van der Waals surface area contributed by atoms with E-state index in [9.17, 15) is 14.4 Å². The quantitative estimate of drug-likeness (QED) is 0.343. The van der Waals surface area contributed by atoms with E-state index in [1.807, 2.05) is 6.92 Å². The number of nitrogens with one attached hydrogen (secondary N) is 3. The molecule has 3 aliphatic carbocycles. The van der Waals surface area contributed by atoms with Gasteiger partial charge in [-0.3, -0.25) is 14.4 Å². The summed E-state index contributed by atoms with van der Waals surface area (Å²) in [5, 5.41) is 9.47. The second-order valence-electron chi connectivity index (χ2n) is 15.6. The predicted octanol–water partition coefficient (Wildman–Crippen LogP) is 5.05. The molecule has 3 N–H and O–H groups in total. The Morgan fingerprint density at radius 1 is 0.700 bits per heavy atom. The van der Waals surface area contributed by atoms with Gasteiger partial charge < -0.3 is 30.7 Å². The molecule has 0 spiro atoms. The minimum Gasteiger partial charge on any atom is -0.368 e. The smallest absolute Gasteiger partial charge is 0.246 e. The van der Waals surface area contributed by atoms with Gasteiger partial charge in [0.2, 0.25) is 17.7 Å². The van der Waals surface area contributed by atoms with Gasteiger partial charge in [0.05, 0.1) is 12.1 Å². The Bertz CT molecular complexity index is 1530. The van der Waals surface area contributed by atoms with Gasteiger partial charge >= 0.3 is 0 Å². The lowest BCUT2D eigenvalue weighted by Gasteiger charge is -2.38. The largest absolute Gasteiger partial charge is 0.368 e. The van der Waals surface area contributed by atoms with Crippen LogP contribution in [0.1, 0.15) is 106 Å². The van der Waals surface area contributed by atoms with E-state index in [0.717, 1.165) is 77.5 Å². The average Bonchev–Trinajstić information content (AvgIpc) is 3.67. The molecule has 3 amide bonds. The summed E-state index contributed by atoms with van der Waals surface area (Å²) in [7, 11) is 1.75. The molecule has 0 bridgehead atoms. The molecule has 1 saturated carbocycles. The fourth-order valence-corrected chi connectivity index (χ4v) is 9.29. The van der Waals surface area contributed by atoms with Crippen molar-refractivity contribution >= 4 is 29.1 Å². The first-order valence-electron chi connectivity index (χ1n) is 19.7. The van der Waals surface area contributed by atoms with Gasteiger partial charge in [-0.15, -0.1) is 0 Å². The van der Waals surface area contributed by atoms with Gasteiger partial charge in [0.15, 0.2) is 0 Å². The van der Waals surface area contributed by atoms with Gasteiger partial charge in [0.25, 0.3) is 0 Å². The number of rotatable bonds is 9. The summed E-state index contributed by atoms with van der Waals surface area (Å²) < 4.78 is 0. The van der Waals surface area contributed by atoms with Crippen LogP contribution in [0.4, 0.5) is 11.4 Å². The van der Waals surface area contributed by atoms with Crippen molar-refractivity contribution in [1.29, 1.82) is 0 Å². The summed E-state index contributed by atoms with van der Waals surface area (Å²) >= 11 is 0. The topological polar surface area (TPSA) is 97.0 Å². The fourth-order valence-electron chi connectivity index (χ4n) is 9.29. The highest BCUT2D eigenvalue weighted by Crippen LogP contribution is 2.35. The second-order valence-corrected chi connectivity index (χ2v) is 15.6. The number of hydrogen-bond acceptors (Lipinski definition) is 6. The van der Waals surface area contributed by atoms with Crippen molar-refractivity contribution in [1.82, 2.24) is 20.9 Å². The lowest BCUT2D eigenvalue weighted by molar-refractivity contribution is -0.143. The number of hydrogen-bond donors (Lipinski definition) is 3. The summed E-state index contributed by atoms with van der Waals surface area (Å²) in [6, 6.07) is 12.4. The van der Waals surface area contributed by atoms with Gasteiger partial charge in [-0.2, -0.15) is 0 Å². The SMILES string of the molecule is CN[C@@H](C)C(=O)NC(C(=O)N1CCC[C@H]1C(=O)N[C@@H]1CCCc2cc(N3CCN(c4ccc5c(c4)CCCC5)CC3)ccc21)C1CCCCC1. The third kappa shape index (κ3) is 7.53. The first-order valence-corrected chi connectivity index (χ1v) is 19.7. The fraction of sp³-hybridized carbons (Fsp3) is 0.634. The van der Waals surface area contributed by atoms with Crippen molar-refractivity contribution in [3.8, 4) is 0 Å². The molecule has 2 aromatic carbocycles. The van der Waals surface area contributed by atoms with Crippen LogP contribution in [0.2, 0.25) is 0 Å². The minimum absolute atomic E-state index is 0.0518. The van der Waals surface area contributed by atoms with Crippen molar-refractivity contribution < 1.29 is 14.4 Å². The summed E-state index contributed by atoms with van der Waals surface area (Å²) in [5.74, 6) is -0.203. The van der Waals surface area contributed by atoms with E-state index >= 15 is 0 Å². The molecule has 1 unspecified atom stereocenters. The molecule has 4 atom stereocenters. The molecule has 2 aromatic rings. The highest BCUT2D eigenvalue weighted by molar-refractivity contribution is 5.93. The third-order valence-electron chi connectivity index (χ3n) is 12.4. The Morgan fingerprint density at radius 2 is 1.36 bits per heavy atom. The number of piperazine rings is 1. The number of nitrogens with zero attached hydrogens (tertiary/aromatic N) is 3.